The summed E-state index contributed by atoms with van der Waals surface area (Å²) in [5, 5.41) is 8.90. The maximum Gasteiger partial charge on any atom is 0.272 e. The molecule has 0 aliphatic heterocycles. The third kappa shape index (κ3) is 8.88. The molecule has 0 heterocycles. The maximum absolute atomic E-state index is 13.3. The first-order valence-corrected chi connectivity index (χ1v) is 14.7. The molecule has 3 amide bonds. The average Bonchev–Trinajstić information content (AvgIpc) is 3.00. The SMILES string of the molecule is CCOc1ccc(NC(=O)CSc2ccc(NC(=O)/C(=C/c3cccc(Cl)c3Cl)NC(=O)c3ccccc3)cc2)cc1. The molecule has 0 radical (unpaired) electrons. The van der Waals surface area contributed by atoms with E-state index in [0.717, 1.165) is 10.6 Å². The van der Waals surface area contributed by atoms with Gasteiger partial charge in [0.15, 0.2) is 0 Å². The van der Waals surface area contributed by atoms with Gasteiger partial charge in [0.05, 0.1) is 22.4 Å². The Labute approximate surface area is 258 Å². The molecule has 0 fully saturated rings. The molecule has 3 N–H and O–H groups in total. The lowest BCUT2D eigenvalue weighted by molar-refractivity contribution is -0.114. The van der Waals surface area contributed by atoms with E-state index in [1.165, 1.54) is 17.8 Å². The number of benzene rings is 4. The molecular weight excluding hydrogens is 593 g/mol. The van der Waals surface area contributed by atoms with Crippen LogP contribution in [0.25, 0.3) is 6.08 Å². The van der Waals surface area contributed by atoms with Crippen LogP contribution in [0.5, 0.6) is 5.75 Å². The summed E-state index contributed by atoms with van der Waals surface area (Å²) in [6.07, 6.45) is 1.47. The van der Waals surface area contributed by atoms with Crippen LogP contribution in [0.3, 0.4) is 0 Å². The molecule has 0 spiro atoms. The van der Waals surface area contributed by atoms with Crippen molar-refractivity contribution in [1.82, 2.24) is 5.32 Å². The summed E-state index contributed by atoms with van der Waals surface area (Å²) in [5.74, 6) is -0.204. The van der Waals surface area contributed by atoms with Gasteiger partial charge in [-0.1, -0.05) is 53.5 Å². The van der Waals surface area contributed by atoms with Crippen LogP contribution >= 0.6 is 35.0 Å². The van der Waals surface area contributed by atoms with E-state index in [1.54, 1.807) is 97.1 Å². The molecule has 4 aromatic rings. The van der Waals surface area contributed by atoms with Gasteiger partial charge in [-0.3, -0.25) is 14.4 Å². The highest BCUT2D eigenvalue weighted by Gasteiger charge is 2.16. The summed E-state index contributed by atoms with van der Waals surface area (Å²) < 4.78 is 5.41. The molecule has 0 aliphatic carbocycles. The smallest absolute Gasteiger partial charge is 0.272 e. The first kappa shape index (κ1) is 30.7. The quantitative estimate of drug-likeness (QED) is 0.119. The van der Waals surface area contributed by atoms with Crippen LogP contribution in [-0.2, 0) is 9.59 Å². The first-order valence-electron chi connectivity index (χ1n) is 12.9. The Kier molecular flexibility index (Phi) is 11.1. The molecule has 0 aliphatic rings. The second-order valence-electron chi connectivity index (χ2n) is 8.79. The Balaban J connectivity index is 1.40. The van der Waals surface area contributed by atoms with Gasteiger partial charge in [-0.15, -0.1) is 11.8 Å². The fourth-order valence-corrected chi connectivity index (χ4v) is 4.77. The highest BCUT2D eigenvalue weighted by atomic mass is 35.5. The van der Waals surface area contributed by atoms with E-state index in [-0.39, 0.29) is 22.4 Å². The molecule has 0 bridgehead atoms. The fraction of sp³-hybridized carbons (Fsp3) is 0.0938. The molecule has 0 unspecified atom stereocenters. The Morgan fingerprint density at radius 3 is 2.17 bits per heavy atom. The van der Waals surface area contributed by atoms with Crippen LogP contribution < -0.4 is 20.7 Å². The maximum atomic E-state index is 13.3. The van der Waals surface area contributed by atoms with Gasteiger partial charge in [0, 0.05) is 21.8 Å². The second-order valence-corrected chi connectivity index (χ2v) is 10.6. The van der Waals surface area contributed by atoms with Gasteiger partial charge in [0.25, 0.3) is 11.8 Å². The van der Waals surface area contributed by atoms with E-state index in [2.05, 4.69) is 16.0 Å². The number of hydrogen-bond acceptors (Lipinski definition) is 5. The Hall–Kier alpha value is -4.24. The molecule has 214 valence electrons. The molecule has 0 aromatic heterocycles. The van der Waals surface area contributed by atoms with E-state index < -0.39 is 11.8 Å². The van der Waals surface area contributed by atoms with Crippen molar-refractivity contribution in [2.45, 2.75) is 11.8 Å². The summed E-state index contributed by atoms with van der Waals surface area (Å²) in [6, 6.07) is 27.8. The van der Waals surface area contributed by atoms with Crippen LogP contribution in [0.2, 0.25) is 10.0 Å². The molecule has 10 heteroatoms. The Morgan fingerprint density at radius 2 is 1.48 bits per heavy atom. The predicted molar refractivity (Wildman–Crippen MR) is 170 cm³/mol. The summed E-state index contributed by atoms with van der Waals surface area (Å²) >= 11 is 13.8. The number of hydrogen-bond donors (Lipinski definition) is 3. The number of anilines is 2. The number of amides is 3. The van der Waals surface area contributed by atoms with E-state index in [9.17, 15) is 14.4 Å². The number of carbonyl (C=O) groups excluding carboxylic acids is 3. The van der Waals surface area contributed by atoms with Crippen LogP contribution in [-0.4, -0.2) is 30.1 Å². The molecule has 4 aromatic carbocycles. The zero-order valence-electron chi connectivity index (χ0n) is 22.5. The summed E-state index contributed by atoms with van der Waals surface area (Å²) in [4.78, 5) is 39.4. The number of nitrogens with one attached hydrogen (secondary N) is 3. The molecule has 0 saturated heterocycles. The summed E-state index contributed by atoms with van der Waals surface area (Å²) in [7, 11) is 0. The molecular formula is C32H27Cl2N3O4S. The highest BCUT2D eigenvalue weighted by Crippen LogP contribution is 2.27. The number of rotatable bonds is 11. The van der Waals surface area contributed by atoms with Crippen molar-refractivity contribution in [1.29, 1.82) is 0 Å². The molecule has 4 rings (SSSR count). The third-order valence-electron chi connectivity index (χ3n) is 5.74. The lowest BCUT2D eigenvalue weighted by Crippen LogP contribution is -2.30. The predicted octanol–water partition coefficient (Wildman–Crippen LogP) is 7.53. The summed E-state index contributed by atoms with van der Waals surface area (Å²) in [6.45, 7) is 2.48. The fourth-order valence-electron chi connectivity index (χ4n) is 3.71. The van der Waals surface area contributed by atoms with Crippen molar-refractivity contribution in [2.75, 3.05) is 23.0 Å². The normalized spacial score (nSPS) is 11.0. The average molecular weight is 621 g/mol. The monoisotopic (exact) mass is 619 g/mol. The van der Waals surface area contributed by atoms with Gasteiger partial charge in [0.2, 0.25) is 5.91 Å². The van der Waals surface area contributed by atoms with Gasteiger partial charge >= 0.3 is 0 Å². The third-order valence-corrected chi connectivity index (χ3v) is 7.59. The molecule has 7 nitrogen and oxygen atoms in total. The number of carbonyl (C=O) groups is 3. The van der Waals surface area contributed by atoms with Gasteiger partial charge in [0.1, 0.15) is 11.4 Å². The lowest BCUT2D eigenvalue weighted by atomic mass is 10.1. The van der Waals surface area contributed by atoms with Crippen LogP contribution in [0, 0.1) is 0 Å². The topological polar surface area (TPSA) is 96.5 Å². The molecule has 0 saturated carbocycles. The summed E-state index contributed by atoms with van der Waals surface area (Å²) in [5.41, 5.74) is 2.03. The Bertz CT molecular complexity index is 1580. The first-order chi connectivity index (χ1) is 20.3. The van der Waals surface area contributed by atoms with Gasteiger partial charge in [-0.05, 0) is 85.3 Å². The van der Waals surface area contributed by atoms with Gasteiger partial charge in [-0.25, -0.2) is 0 Å². The van der Waals surface area contributed by atoms with E-state index in [0.29, 0.717) is 34.1 Å². The second kappa shape index (κ2) is 15.1. The molecule has 0 atom stereocenters. The largest absolute Gasteiger partial charge is 0.494 e. The number of ether oxygens (including phenoxy) is 1. The van der Waals surface area contributed by atoms with Crippen molar-refractivity contribution < 1.29 is 19.1 Å². The highest BCUT2D eigenvalue weighted by molar-refractivity contribution is 8.00. The van der Waals surface area contributed by atoms with Crippen molar-refractivity contribution in [2.24, 2.45) is 0 Å². The zero-order valence-corrected chi connectivity index (χ0v) is 24.9. The minimum atomic E-state index is -0.551. The lowest BCUT2D eigenvalue weighted by Gasteiger charge is -2.12. The minimum absolute atomic E-state index is 0.0163. The van der Waals surface area contributed by atoms with Crippen LogP contribution in [0.4, 0.5) is 11.4 Å². The van der Waals surface area contributed by atoms with Crippen molar-refractivity contribution in [3.63, 3.8) is 0 Å². The number of halogens is 2. The Morgan fingerprint density at radius 1 is 0.810 bits per heavy atom. The molecule has 42 heavy (non-hydrogen) atoms. The van der Waals surface area contributed by atoms with Gasteiger partial charge in [-0.2, -0.15) is 0 Å². The standard InChI is InChI=1S/C32H27Cl2N3O4S/c1-2-41-25-15-11-23(12-16-25)35-29(38)20-42-26-17-13-24(14-18-26)36-32(40)28(19-22-9-6-10-27(33)30(22)34)37-31(39)21-7-4-3-5-8-21/h3-19H,2,20H2,1H3,(H,35,38)(H,36,40)(H,37,39)/b28-19-. The van der Waals surface area contributed by atoms with Gasteiger partial charge < -0.3 is 20.7 Å². The minimum Gasteiger partial charge on any atom is -0.494 e. The van der Waals surface area contributed by atoms with Crippen molar-refractivity contribution in [3.05, 3.63) is 124 Å². The van der Waals surface area contributed by atoms with E-state index in [4.69, 9.17) is 27.9 Å². The number of thioether (sulfide) groups is 1. The van der Waals surface area contributed by atoms with Crippen LogP contribution in [0.15, 0.2) is 108 Å². The van der Waals surface area contributed by atoms with Crippen molar-refractivity contribution >= 4 is 70.1 Å². The van der Waals surface area contributed by atoms with E-state index >= 15 is 0 Å². The van der Waals surface area contributed by atoms with Crippen molar-refractivity contribution in [3.8, 4) is 5.75 Å². The van der Waals surface area contributed by atoms with Crippen LogP contribution in [0.1, 0.15) is 22.8 Å². The zero-order chi connectivity index (χ0) is 29.9. The van der Waals surface area contributed by atoms with E-state index in [1.807, 2.05) is 6.92 Å².